The number of rotatable bonds is 5. The van der Waals surface area contributed by atoms with Crippen molar-refractivity contribution in [2.75, 3.05) is 29.4 Å². The maximum absolute atomic E-state index is 11.5. The molecule has 1 aliphatic rings. The fraction of sp³-hybridized carbons (Fsp3) is 0.600. The van der Waals surface area contributed by atoms with Gasteiger partial charge < -0.3 is 10.2 Å². The summed E-state index contributed by atoms with van der Waals surface area (Å²) in [5.41, 5.74) is 1.65. The molecular formula is C15H25N3O2S. The van der Waals surface area contributed by atoms with Crippen LogP contribution in [0, 0.1) is 0 Å². The lowest BCUT2D eigenvalue weighted by atomic mass is 9.99. The third-order valence-corrected chi connectivity index (χ3v) is 5.42. The summed E-state index contributed by atoms with van der Waals surface area (Å²) in [5, 5.41) is 3.53. The van der Waals surface area contributed by atoms with Crippen molar-refractivity contribution >= 4 is 21.4 Å². The Hall–Kier alpha value is -1.27. The molecule has 2 atom stereocenters. The van der Waals surface area contributed by atoms with Crippen molar-refractivity contribution in [2.24, 2.45) is 0 Å². The van der Waals surface area contributed by atoms with Gasteiger partial charge >= 0.3 is 0 Å². The van der Waals surface area contributed by atoms with Gasteiger partial charge in [-0.05, 0) is 58.0 Å². The number of piperidine rings is 1. The zero-order chi connectivity index (χ0) is 15.5. The lowest BCUT2D eigenvalue weighted by Crippen LogP contribution is -2.42. The summed E-state index contributed by atoms with van der Waals surface area (Å²) in [6, 6.07) is 8.52. The molecule has 0 amide bonds. The molecule has 2 unspecified atom stereocenters. The summed E-state index contributed by atoms with van der Waals surface area (Å²) < 4.78 is 25.6. The molecule has 1 aliphatic heterocycles. The van der Waals surface area contributed by atoms with Gasteiger partial charge in [0.1, 0.15) is 0 Å². The second-order valence-electron chi connectivity index (χ2n) is 5.78. The number of hydrogen-bond donors (Lipinski definition) is 2. The Morgan fingerprint density at radius 3 is 2.43 bits per heavy atom. The summed E-state index contributed by atoms with van der Waals surface area (Å²) in [6.45, 7) is 4.98. The molecule has 1 saturated heterocycles. The van der Waals surface area contributed by atoms with Crippen molar-refractivity contribution < 1.29 is 8.42 Å². The molecule has 6 heteroatoms. The zero-order valence-corrected chi connectivity index (χ0v) is 13.8. The minimum atomic E-state index is -3.20. The van der Waals surface area contributed by atoms with E-state index in [9.17, 15) is 8.42 Å². The van der Waals surface area contributed by atoms with Crippen LogP contribution in [0.3, 0.4) is 0 Å². The fourth-order valence-electron chi connectivity index (χ4n) is 2.54. The predicted octanol–water partition coefficient (Wildman–Crippen LogP) is 2.34. The Kier molecular flexibility index (Phi) is 5.11. The van der Waals surface area contributed by atoms with Crippen molar-refractivity contribution in [1.29, 1.82) is 0 Å². The molecule has 1 heterocycles. The first-order valence-corrected chi connectivity index (χ1v) is 9.12. The molecule has 0 aliphatic carbocycles. The smallest absolute Gasteiger partial charge is 0.232 e. The molecule has 0 saturated carbocycles. The number of anilines is 2. The molecule has 0 bridgehead atoms. The number of sulfonamides is 1. The molecule has 0 aromatic heterocycles. The molecule has 21 heavy (non-hydrogen) atoms. The lowest BCUT2D eigenvalue weighted by molar-refractivity contribution is 0.190. The monoisotopic (exact) mass is 311 g/mol. The van der Waals surface area contributed by atoms with E-state index in [-0.39, 0.29) is 5.75 Å². The van der Waals surface area contributed by atoms with Gasteiger partial charge in [-0.1, -0.05) is 0 Å². The van der Waals surface area contributed by atoms with Gasteiger partial charge in [0.15, 0.2) is 0 Å². The SMILES string of the molecule is CCS(=O)(=O)Nc1ccc(NC2CCN(C)C(C)C2)cc1. The topological polar surface area (TPSA) is 61.4 Å². The van der Waals surface area contributed by atoms with E-state index in [2.05, 4.69) is 28.9 Å². The Morgan fingerprint density at radius 1 is 1.24 bits per heavy atom. The van der Waals surface area contributed by atoms with E-state index in [1.807, 2.05) is 12.1 Å². The largest absolute Gasteiger partial charge is 0.382 e. The predicted molar refractivity (Wildman–Crippen MR) is 88.3 cm³/mol. The summed E-state index contributed by atoms with van der Waals surface area (Å²) in [6.07, 6.45) is 2.26. The standard InChI is InChI=1S/C15H25N3O2S/c1-4-21(19,20)17-14-7-5-13(6-8-14)16-15-9-10-18(3)12(2)11-15/h5-8,12,15-17H,4,9-11H2,1-3H3. The van der Waals surface area contributed by atoms with Gasteiger partial charge in [-0.2, -0.15) is 0 Å². The van der Waals surface area contributed by atoms with E-state index in [1.165, 1.54) is 0 Å². The highest BCUT2D eigenvalue weighted by molar-refractivity contribution is 7.92. The van der Waals surface area contributed by atoms with Gasteiger partial charge in [0.2, 0.25) is 10.0 Å². The average Bonchev–Trinajstić information content (AvgIpc) is 2.45. The molecular weight excluding hydrogens is 286 g/mol. The number of nitrogens with zero attached hydrogens (tertiary/aromatic N) is 1. The third-order valence-electron chi connectivity index (χ3n) is 4.12. The van der Waals surface area contributed by atoms with E-state index in [1.54, 1.807) is 19.1 Å². The van der Waals surface area contributed by atoms with E-state index in [0.717, 1.165) is 25.1 Å². The van der Waals surface area contributed by atoms with E-state index in [0.29, 0.717) is 17.8 Å². The molecule has 5 nitrogen and oxygen atoms in total. The average molecular weight is 311 g/mol. The van der Waals surface area contributed by atoms with Crippen LogP contribution in [0.2, 0.25) is 0 Å². The Labute approximate surface area is 127 Å². The van der Waals surface area contributed by atoms with Crippen molar-refractivity contribution in [3.05, 3.63) is 24.3 Å². The van der Waals surface area contributed by atoms with Crippen LogP contribution < -0.4 is 10.0 Å². The summed E-state index contributed by atoms with van der Waals surface area (Å²) in [5.74, 6) is 0.0838. The molecule has 1 aromatic rings. The Morgan fingerprint density at radius 2 is 1.86 bits per heavy atom. The van der Waals surface area contributed by atoms with E-state index in [4.69, 9.17) is 0 Å². The van der Waals surface area contributed by atoms with Gasteiger partial charge in [0.05, 0.1) is 5.75 Å². The van der Waals surface area contributed by atoms with Crippen molar-refractivity contribution in [3.63, 3.8) is 0 Å². The van der Waals surface area contributed by atoms with Crippen LogP contribution in [-0.2, 0) is 10.0 Å². The molecule has 0 radical (unpaired) electrons. The van der Waals surface area contributed by atoms with Gasteiger partial charge in [-0.3, -0.25) is 4.72 Å². The highest BCUT2D eigenvalue weighted by Gasteiger charge is 2.22. The Balaban J connectivity index is 1.94. The van der Waals surface area contributed by atoms with Gasteiger partial charge in [-0.15, -0.1) is 0 Å². The lowest BCUT2D eigenvalue weighted by Gasteiger charge is -2.35. The van der Waals surface area contributed by atoms with Crippen LogP contribution in [0.5, 0.6) is 0 Å². The van der Waals surface area contributed by atoms with Crippen molar-refractivity contribution in [2.45, 2.75) is 38.8 Å². The molecule has 1 fully saturated rings. The van der Waals surface area contributed by atoms with Crippen LogP contribution in [0.25, 0.3) is 0 Å². The minimum absolute atomic E-state index is 0.0838. The number of benzene rings is 1. The molecule has 1 aromatic carbocycles. The van der Waals surface area contributed by atoms with Crippen molar-refractivity contribution in [1.82, 2.24) is 4.90 Å². The fourth-order valence-corrected chi connectivity index (χ4v) is 3.18. The zero-order valence-electron chi connectivity index (χ0n) is 13.0. The highest BCUT2D eigenvalue weighted by atomic mass is 32.2. The number of hydrogen-bond acceptors (Lipinski definition) is 4. The first kappa shape index (κ1) is 16.1. The van der Waals surface area contributed by atoms with Crippen LogP contribution in [-0.4, -0.2) is 44.7 Å². The first-order chi connectivity index (χ1) is 9.89. The van der Waals surface area contributed by atoms with Crippen LogP contribution in [0.1, 0.15) is 26.7 Å². The van der Waals surface area contributed by atoms with Gasteiger partial charge in [-0.25, -0.2) is 8.42 Å². The van der Waals surface area contributed by atoms with Crippen LogP contribution in [0.15, 0.2) is 24.3 Å². The maximum Gasteiger partial charge on any atom is 0.232 e. The number of likely N-dealkylation sites (tertiary alicyclic amines) is 1. The second-order valence-corrected chi connectivity index (χ2v) is 7.79. The molecule has 0 spiro atoms. The second kappa shape index (κ2) is 6.66. The van der Waals surface area contributed by atoms with Crippen LogP contribution >= 0.6 is 0 Å². The van der Waals surface area contributed by atoms with Crippen molar-refractivity contribution in [3.8, 4) is 0 Å². The maximum atomic E-state index is 11.5. The quantitative estimate of drug-likeness (QED) is 0.876. The number of nitrogens with one attached hydrogen (secondary N) is 2. The first-order valence-electron chi connectivity index (χ1n) is 7.47. The van der Waals surface area contributed by atoms with E-state index >= 15 is 0 Å². The minimum Gasteiger partial charge on any atom is -0.382 e. The van der Waals surface area contributed by atoms with Gasteiger partial charge in [0.25, 0.3) is 0 Å². The normalized spacial score (nSPS) is 23.8. The third kappa shape index (κ3) is 4.61. The molecule has 2 N–H and O–H groups in total. The summed E-state index contributed by atoms with van der Waals surface area (Å²) >= 11 is 0. The highest BCUT2D eigenvalue weighted by Crippen LogP contribution is 2.21. The molecule has 2 rings (SSSR count). The molecule has 118 valence electrons. The van der Waals surface area contributed by atoms with Gasteiger partial charge in [0, 0.05) is 30.0 Å². The van der Waals surface area contributed by atoms with E-state index < -0.39 is 10.0 Å². The Bertz CT molecular complexity index is 557. The summed E-state index contributed by atoms with van der Waals surface area (Å²) in [7, 11) is -1.04. The summed E-state index contributed by atoms with van der Waals surface area (Å²) in [4.78, 5) is 2.38. The van der Waals surface area contributed by atoms with Crippen LogP contribution in [0.4, 0.5) is 11.4 Å².